The van der Waals surface area contributed by atoms with Crippen LogP contribution in [0.5, 0.6) is 11.5 Å². The SMILES string of the molecule is CCOc1cc2c(cc1OCC)C(=O)C(CC1CCN(Cc3ccccc3F)CC1)C2.Cl. The second-order valence-electron chi connectivity index (χ2n) is 8.63. The summed E-state index contributed by atoms with van der Waals surface area (Å²) in [6.07, 6.45) is 3.83. The highest BCUT2D eigenvalue weighted by molar-refractivity contribution is 6.02. The Morgan fingerprint density at radius 2 is 1.69 bits per heavy atom. The van der Waals surface area contributed by atoms with E-state index < -0.39 is 0 Å². The fourth-order valence-electron chi connectivity index (χ4n) is 4.96. The van der Waals surface area contributed by atoms with Crippen molar-refractivity contribution in [3.05, 3.63) is 58.9 Å². The van der Waals surface area contributed by atoms with Crippen LogP contribution in [0, 0.1) is 17.7 Å². The normalized spacial score (nSPS) is 18.8. The highest BCUT2D eigenvalue weighted by Gasteiger charge is 2.34. The Morgan fingerprint density at radius 1 is 1.03 bits per heavy atom. The van der Waals surface area contributed by atoms with E-state index in [0.717, 1.165) is 61.2 Å². The predicted octanol–water partition coefficient (Wildman–Crippen LogP) is 5.70. The summed E-state index contributed by atoms with van der Waals surface area (Å²) in [6.45, 7) is 7.57. The van der Waals surface area contributed by atoms with Crippen LogP contribution in [-0.4, -0.2) is 37.0 Å². The number of hydrogen-bond acceptors (Lipinski definition) is 4. The van der Waals surface area contributed by atoms with Crippen molar-refractivity contribution in [3.8, 4) is 11.5 Å². The van der Waals surface area contributed by atoms with E-state index in [1.807, 2.05) is 38.1 Å². The molecule has 1 atom stereocenters. The fraction of sp³-hybridized carbons (Fsp3) is 0.500. The van der Waals surface area contributed by atoms with E-state index in [9.17, 15) is 9.18 Å². The average molecular weight is 462 g/mol. The fourth-order valence-corrected chi connectivity index (χ4v) is 4.96. The molecule has 2 aromatic rings. The van der Waals surface area contributed by atoms with Crippen molar-refractivity contribution < 1.29 is 18.7 Å². The van der Waals surface area contributed by atoms with Crippen molar-refractivity contribution in [1.82, 2.24) is 4.90 Å². The quantitative estimate of drug-likeness (QED) is 0.505. The van der Waals surface area contributed by atoms with Crippen LogP contribution in [0.15, 0.2) is 36.4 Å². The number of rotatable bonds is 8. The first kappa shape index (κ1) is 24.5. The summed E-state index contributed by atoms with van der Waals surface area (Å²) in [6, 6.07) is 10.9. The van der Waals surface area contributed by atoms with Crippen LogP contribution >= 0.6 is 12.4 Å². The van der Waals surface area contributed by atoms with E-state index in [0.29, 0.717) is 31.4 Å². The number of hydrogen-bond donors (Lipinski definition) is 0. The zero-order chi connectivity index (χ0) is 21.8. The van der Waals surface area contributed by atoms with Gasteiger partial charge in [0.25, 0.3) is 0 Å². The van der Waals surface area contributed by atoms with E-state index in [2.05, 4.69) is 4.90 Å². The zero-order valence-electron chi connectivity index (χ0n) is 18.9. The summed E-state index contributed by atoms with van der Waals surface area (Å²) in [5.41, 5.74) is 2.64. The Hall–Kier alpha value is -2.11. The molecule has 1 aliphatic heterocycles. The Labute approximate surface area is 196 Å². The molecule has 1 saturated heterocycles. The molecule has 6 heteroatoms. The maximum Gasteiger partial charge on any atom is 0.166 e. The van der Waals surface area contributed by atoms with Gasteiger partial charge >= 0.3 is 0 Å². The number of carbonyl (C=O) groups is 1. The van der Waals surface area contributed by atoms with Gasteiger partial charge in [0.15, 0.2) is 17.3 Å². The lowest BCUT2D eigenvalue weighted by atomic mass is 9.85. The molecule has 32 heavy (non-hydrogen) atoms. The molecule has 0 N–H and O–H groups in total. The third kappa shape index (κ3) is 5.44. The Kier molecular flexibility index (Phi) is 8.55. The predicted molar refractivity (Wildman–Crippen MR) is 127 cm³/mol. The Balaban J connectivity index is 0.00000289. The lowest BCUT2D eigenvalue weighted by Gasteiger charge is -2.33. The van der Waals surface area contributed by atoms with Crippen LogP contribution < -0.4 is 9.47 Å². The molecule has 174 valence electrons. The van der Waals surface area contributed by atoms with Crippen LogP contribution in [-0.2, 0) is 13.0 Å². The van der Waals surface area contributed by atoms with Crippen molar-refractivity contribution in [2.75, 3.05) is 26.3 Å². The summed E-state index contributed by atoms with van der Waals surface area (Å²) in [5, 5.41) is 0. The van der Waals surface area contributed by atoms with Gasteiger partial charge in [0.1, 0.15) is 5.82 Å². The molecule has 1 aliphatic carbocycles. The molecule has 0 spiro atoms. The van der Waals surface area contributed by atoms with Gasteiger partial charge in [-0.3, -0.25) is 9.69 Å². The minimum Gasteiger partial charge on any atom is -0.490 e. The molecule has 1 heterocycles. The summed E-state index contributed by atoms with van der Waals surface area (Å²) >= 11 is 0. The van der Waals surface area contributed by atoms with Crippen molar-refractivity contribution >= 4 is 18.2 Å². The third-order valence-corrected chi connectivity index (χ3v) is 6.55. The number of carbonyl (C=O) groups excluding carboxylic acids is 1. The number of ether oxygens (including phenoxy) is 2. The summed E-state index contributed by atoms with van der Waals surface area (Å²) in [4.78, 5) is 15.4. The lowest BCUT2D eigenvalue weighted by molar-refractivity contribution is 0.0895. The van der Waals surface area contributed by atoms with E-state index in [-0.39, 0.29) is 29.9 Å². The number of piperidine rings is 1. The Morgan fingerprint density at radius 3 is 2.34 bits per heavy atom. The summed E-state index contributed by atoms with van der Waals surface area (Å²) in [7, 11) is 0. The first-order valence-corrected chi connectivity index (χ1v) is 11.5. The first-order valence-electron chi connectivity index (χ1n) is 11.5. The molecule has 0 bridgehead atoms. The van der Waals surface area contributed by atoms with Crippen molar-refractivity contribution in [1.29, 1.82) is 0 Å². The summed E-state index contributed by atoms with van der Waals surface area (Å²) < 4.78 is 25.4. The van der Waals surface area contributed by atoms with Gasteiger partial charge in [-0.05, 0) is 82.3 Å². The number of fused-ring (bicyclic) bond motifs is 1. The molecule has 0 radical (unpaired) electrons. The largest absolute Gasteiger partial charge is 0.490 e. The number of ketones is 1. The van der Waals surface area contributed by atoms with Gasteiger partial charge in [-0.1, -0.05) is 18.2 Å². The zero-order valence-corrected chi connectivity index (χ0v) is 19.8. The molecule has 2 aromatic carbocycles. The molecular formula is C26H33ClFNO3. The number of nitrogens with zero attached hydrogens (tertiary/aromatic N) is 1. The highest BCUT2D eigenvalue weighted by Crippen LogP contribution is 2.40. The van der Waals surface area contributed by atoms with Crippen molar-refractivity contribution in [3.63, 3.8) is 0 Å². The van der Waals surface area contributed by atoms with Gasteiger partial charge in [0, 0.05) is 23.6 Å². The molecule has 4 rings (SSSR count). The molecule has 0 amide bonds. The van der Waals surface area contributed by atoms with E-state index in [1.165, 1.54) is 6.07 Å². The van der Waals surface area contributed by atoms with E-state index in [1.54, 1.807) is 6.07 Å². The monoisotopic (exact) mass is 461 g/mol. The molecular weight excluding hydrogens is 429 g/mol. The second-order valence-corrected chi connectivity index (χ2v) is 8.63. The molecule has 0 saturated carbocycles. The van der Waals surface area contributed by atoms with Gasteiger partial charge in [0.2, 0.25) is 0 Å². The van der Waals surface area contributed by atoms with Crippen LogP contribution in [0.1, 0.15) is 54.6 Å². The van der Waals surface area contributed by atoms with E-state index in [4.69, 9.17) is 9.47 Å². The maximum absolute atomic E-state index is 13.9. The average Bonchev–Trinajstić information content (AvgIpc) is 3.06. The van der Waals surface area contributed by atoms with Crippen molar-refractivity contribution in [2.24, 2.45) is 11.8 Å². The van der Waals surface area contributed by atoms with Crippen molar-refractivity contribution in [2.45, 2.75) is 46.1 Å². The minimum atomic E-state index is -0.128. The maximum atomic E-state index is 13.9. The number of benzene rings is 2. The number of Topliss-reactive ketones (excluding diaryl/α,β-unsaturated/α-hetero) is 1. The minimum absolute atomic E-state index is 0. The van der Waals surface area contributed by atoms with E-state index >= 15 is 0 Å². The van der Waals surface area contributed by atoms with Gasteiger partial charge < -0.3 is 9.47 Å². The second kappa shape index (κ2) is 11.2. The standard InChI is InChI=1S/C26H32FNO3.ClH/c1-3-30-24-15-20-14-21(26(29)22(20)16-25(24)31-4-2)13-18-9-11-28(12-10-18)17-19-7-5-6-8-23(19)27;/h5-8,15-16,18,21H,3-4,9-14,17H2,1-2H3;1H. The lowest BCUT2D eigenvalue weighted by Crippen LogP contribution is -2.34. The van der Waals surface area contributed by atoms with Crippen LogP contribution in [0.2, 0.25) is 0 Å². The van der Waals surface area contributed by atoms with Crippen LogP contribution in [0.25, 0.3) is 0 Å². The molecule has 2 aliphatic rings. The van der Waals surface area contributed by atoms with Crippen LogP contribution in [0.3, 0.4) is 0 Å². The van der Waals surface area contributed by atoms with Gasteiger partial charge in [-0.15, -0.1) is 12.4 Å². The highest BCUT2D eigenvalue weighted by atomic mass is 35.5. The molecule has 1 unspecified atom stereocenters. The van der Waals surface area contributed by atoms with Crippen LogP contribution in [0.4, 0.5) is 4.39 Å². The third-order valence-electron chi connectivity index (χ3n) is 6.55. The van der Waals surface area contributed by atoms with Gasteiger partial charge in [-0.25, -0.2) is 4.39 Å². The molecule has 0 aromatic heterocycles. The number of likely N-dealkylation sites (tertiary alicyclic amines) is 1. The summed E-state index contributed by atoms with van der Waals surface area (Å²) in [5.74, 6) is 2.10. The van der Waals surface area contributed by atoms with Gasteiger partial charge in [0.05, 0.1) is 13.2 Å². The first-order chi connectivity index (χ1) is 15.1. The molecule has 1 fully saturated rings. The number of halogens is 2. The molecule has 4 nitrogen and oxygen atoms in total. The smallest absolute Gasteiger partial charge is 0.166 e. The topological polar surface area (TPSA) is 38.8 Å². The van der Waals surface area contributed by atoms with Gasteiger partial charge in [-0.2, -0.15) is 0 Å². The Bertz CT molecular complexity index is 927.